The van der Waals surface area contributed by atoms with Crippen molar-refractivity contribution in [3.63, 3.8) is 0 Å². The van der Waals surface area contributed by atoms with Crippen molar-refractivity contribution >= 4 is 39.4 Å². The van der Waals surface area contributed by atoms with Crippen LogP contribution in [0.15, 0.2) is 54.6 Å². The molecule has 5 aromatic rings. The van der Waals surface area contributed by atoms with Gasteiger partial charge >= 0.3 is 0 Å². The number of carbonyl (C=O) groups is 2. The van der Waals surface area contributed by atoms with Crippen molar-refractivity contribution < 1.29 is 18.7 Å². The van der Waals surface area contributed by atoms with E-state index in [1.165, 1.54) is 17.7 Å². The van der Waals surface area contributed by atoms with Gasteiger partial charge in [0.2, 0.25) is 5.91 Å². The van der Waals surface area contributed by atoms with Crippen molar-refractivity contribution in [1.29, 1.82) is 0 Å². The minimum atomic E-state index is -1.14. The highest BCUT2D eigenvalue weighted by Crippen LogP contribution is 2.39. The summed E-state index contributed by atoms with van der Waals surface area (Å²) in [6, 6.07) is 17.9. The van der Waals surface area contributed by atoms with Gasteiger partial charge in [-0.2, -0.15) is 0 Å². The fourth-order valence-corrected chi connectivity index (χ4v) is 7.02. The van der Waals surface area contributed by atoms with Crippen molar-refractivity contribution in [2.24, 2.45) is 18.7 Å². The van der Waals surface area contributed by atoms with E-state index in [9.17, 15) is 14.0 Å². The lowest BCUT2D eigenvalue weighted by Crippen LogP contribution is -2.50. The van der Waals surface area contributed by atoms with Gasteiger partial charge in [0.15, 0.2) is 5.82 Å². The molecular weight excluding hydrogens is 571 g/mol. The third-order valence-corrected chi connectivity index (χ3v) is 9.45. The molecule has 2 amide bonds. The van der Waals surface area contributed by atoms with Crippen molar-refractivity contribution in [2.75, 3.05) is 25.5 Å². The van der Waals surface area contributed by atoms with E-state index < -0.39 is 6.17 Å². The molecule has 230 valence electrons. The number of alkyl halides is 1. The van der Waals surface area contributed by atoms with Gasteiger partial charge in [0.05, 0.1) is 31.3 Å². The molecule has 1 saturated carbocycles. The number of rotatable bonds is 6. The second-order valence-corrected chi connectivity index (χ2v) is 12.8. The van der Waals surface area contributed by atoms with E-state index in [-0.39, 0.29) is 30.8 Å². The van der Waals surface area contributed by atoms with Crippen molar-refractivity contribution in [3.8, 4) is 28.4 Å². The summed E-state index contributed by atoms with van der Waals surface area (Å²) in [7, 11) is 3.55. The van der Waals surface area contributed by atoms with Gasteiger partial charge in [0.1, 0.15) is 17.4 Å². The molecule has 3 N–H and O–H groups in total. The van der Waals surface area contributed by atoms with Crippen LogP contribution in [0.25, 0.3) is 44.6 Å². The van der Waals surface area contributed by atoms with Crippen LogP contribution in [0.5, 0.6) is 5.75 Å². The molecule has 4 heterocycles. The molecule has 2 fully saturated rings. The first-order chi connectivity index (χ1) is 21.7. The number of carbonyl (C=O) groups excluding carboxylic acids is 2. The number of nitrogens with zero attached hydrogens (tertiary/aromatic N) is 4. The lowest BCUT2D eigenvalue weighted by Gasteiger charge is -2.33. The Hall–Kier alpha value is -4.70. The predicted octanol–water partition coefficient (Wildman–Crippen LogP) is 5.29. The molecule has 9 nitrogen and oxygen atoms in total. The Morgan fingerprint density at radius 1 is 1.09 bits per heavy atom. The first-order valence-electron chi connectivity index (χ1n) is 15.6. The van der Waals surface area contributed by atoms with Gasteiger partial charge in [-0.05, 0) is 78.3 Å². The number of aryl methyl sites for hydroxylation is 1. The van der Waals surface area contributed by atoms with Gasteiger partial charge in [-0.15, -0.1) is 0 Å². The van der Waals surface area contributed by atoms with E-state index >= 15 is 0 Å². The molecule has 0 radical (unpaired) electrons. The second-order valence-electron chi connectivity index (χ2n) is 12.8. The quantitative estimate of drug-likeness (QED) is 0.273. The van der Waals surface area contributed by atoms with Crippen molar-refractivity contribution in [2.45, 2.75) is 44.4 Å². The molecule has 45 heavy (non-hydrogen) atoms. The number of benzene rings is 3. The summed E-state index contributed by atoms with van der Waals surface area (Å²) in [6.07, 6.45) is 1.93. The van der Waals surface area contributed by atoms with E-state index in [0.717, 1.165) is 56.9 Å². The van der Waals surface area contributed by atoms with Crippen molar-refractivity contribution in [3.05, 3.63) is 65.7 Å². The van der Waals surface area contributed by atoms with E-state index in [4.69, 9.17) is 15.5 Å². The number of likely N-dealkylation sites (tertiary alicyclic amines) is 1. The molecule has 2 aliphatic heterocycles. The Morgan fingerprint density at radius 2 is 1.89 bits per heavy atom. The Bertz CT molecular complexity index is 2020. The maximum absolute atomic E-state index is 14.3. The van der Waals surface area contributed by atoms with Crippen LogP contribution >= 0.6 is 0 Å². The highest BCUT2D eigenvalue weighted by Gasteiger charge is 2.30. The van der Waals surface area contributed by atoms with Crippen LogP contribution in [-0.2, 0) is 24.8 Å². The fourth-order valence-electron chi connectivity index (χ4n) is 7.02. The average molecular weight is 607 g/mol. The number of ether oxygens (including phenoxy) is 1. The van der Waals surface area contributed by atoms with Crippen LogP contribution in [0, 0.1) is 5.92 Å². The number of anilines is 1. The van der Waals surface area contributed by atoms with E-state index in [0.29, 0.717) is 35.7 Å². The number of piperidine rings is 1. The van der Waals surface area contributed by atoms with Crippen LogP contribution in [0.2, 0.25) is 0 Å². The SMILES string of the molecule is COc1cc(C(=O)N2C[C@H](N)C[C@@H](F)C2)cc2nc(-c3cc4ccc(-c5ccc6c(c5)CC(=O)N6)cc4n3CC3CC3)n(C)c12. The summed E-state index contributed by atoms with van der Waals surface area (Å²) in [6.45, 7) is 1.23. The standard InChI is InChI=1S/C35H35FN6O3/c1-40-33-28(10-24(13-31(33)45-2)35(44)41-17-25(36)15-26(37)18-41)39-34(40)30-12-22-6-5-21(11-29(22)42(30)16-19-3-4-19)20-7-8-27-23(9-20)14-32(43)38-27/h5-13,19,25-26H,3-4,14-18,37H2,1-2H3,(H,38,43)/t25-,26-/m1/s1. The summed E-state index contributed by atoms with van der Waals surface area (Å²) in [5.74, 6) is 1.68. The van der Waals surface area contributed by atoms with E-state index in [1.54, 1.807) is 19.2 Å². The maximum Gasteiger partial charge on any atom is 0.254 e. The van der Waals surface area contributed by atoms with Crippen LogP contribution in [-0.4, -0.2) is 63.2 Å². The number of hydrogen-bond donors (Lipinski definition) is 2. The number of fused-ring (bicyclic) bond motifs is 3. The van der Waals surface area contributed by atoms with Crippen LogP contribution in [0.4, 0.5) is 10.1 Å². The molecule has 3 aromatic carbocycles. The number of methoxy groups -OCH3 is 1. The molecule has 2 atom stereocenters. The fraction of sp³-hybridized carbons (Fsp3) is 0.343. The molecule has 3 aliphatic rings. The molecule has 0 spiro atoms. The van der Waals surface area contributed by atoms with Gasteiger partial charge in [-0.1, -0.05) is 18.2 Å². The summed E-state index contributed by atoms with van der Waals surface area (Å²) in [5, 5.41) is 4.03. The zero-order chi connectivity index (χ0) is 31.0. The average Bonchev–Trinajstić information content (AvgIpc) is 3.53. The lowest BCUT2D eigenvalue weighted by molar-refractivity contribution is -0.115. The van der Waals surface area contributed by atoms with Gasteiger partial charge < -0.3 is 29.8 Å². The molecule has 8 rings (SSSR count). The molecule has 1 aliphatic carbocycles. The molecule has 1 saturated heterocycles. The highest BCUT2D eigenvalue weighted by atomic mass is 19.1. The van der Waals surface area contributed by atoms with Crippen LogP contribution in [0.1, 0.15) is 35.2 Å². The van der Waals surface area contributed by atoms with Gasteiger partial charge in [0.25, 0.3) is 5.91 Å². The number of aromatic nitrogens is 3. The lowest BCUT2D eigenvalue weighted by atomic mass is 10.0. The summed E-state index contributed by atoms with van der Waals surface area (Å²) >= 11 is 0. The largest absolute Gasteiger partial charge is 0.494 e. The van der Waals surface area contributed by atoms with E-state index in [2.05, 4.69) is 46.3 Å². The van der Waals surface area contributed by atoms with Crippen molar-refractivity contribution in [1.82, 2.24) is 19.0 Å². The van der Waals surface area contributed by atoms with Crippen LogP contribution in [0.3, 0.4) is 0 Å². The Balaban J connectivity index is 1.22. The molecular formula is C35H35FN6O3. The van der Waals surface area contributed by atoms with Gasteiger partial charge in [-0.3, -0.25) is 9.59 Å². The number of amides is 2. The monoisotopic (exact) mass is 606 g/mol. The Labute approximate surface area is 259 Å². The third kappa shape index (κ3) is 4.84. The number of imidazole rings is 1. The third-order valence-electron chi connectivity index (χ3n) is 9.45. The normalized spacial score (nSPS) is 19.7. The van der Waals surface area contributed by atoms with E-state index in [1.807, 2.05) is 17.7 Å². The minimum absolute atomic E-state index is 0.0280. The van der Waals surface area contributed by atoms with Crippen LogP contribution < -0.4 is 15.8 Å². The molecule has 2 aromatic heterocycles. The van der Waals surface area contributed by atoms with Gasteiger partial charge in [-0.25, -0.2) is 9.37 Å². The zero-order valence-electron chi connectivity index (χ0n) is 25.3. The minimum Gasteiger partial charge on any atom is -0.494 e. The first-order valence-corrected chi connectivity index (χ1v) is 15.6. The number of hydrogen-bond acceptors (Lipinski definition) is 5. The number of nitrogens with two attached hydrogens (primary N) is 1. The molecule has 0 unspecified atom stereocenters. The number of halogens is 1. The molecule has 10 heteroatoms. The van der Waals surface area contributed by atoms with Gasteiger partial charge in [0, 0.05) is 48.3 Å². The summed E-state index contributed by atoms with van der Waals surface area (Å²) < 4.78 is 24.5. The summed E-state index contributed by atoms with van der Waals surface area (Å²) in [5.41, 5.74) is 14.0. The maximum atomic E-state index is 14.3. The Kier molecular flexibility index (Phi) is 6.46. The molecule has 0 bridgehead atoms. The smallest absolute Gasteiger partial charge is 0.254 e. The summed E-state index contributed by atoms with van der Waals surface area (Å²) in [4.78, 5) is 32.0. The first kappa shape index (κ1) is 27.8. The highest BCUT2D eigenvalue weighted by molar-refractivity contribution is 6.01. The topological polar surface area (TPSA) is 107 Å². The second kappa shape index (κ2) is 10.4. The number of nitrogens with one attached hydrogen (secondary N) is 1. The predicted molar refractivity (Wildman–Crippen MR) is 172 cm³/mol. The Morgan fingerprint density at radius 3 is 2.67 bits per heavy atom. The zero-order valence-corrected chi connectivity index (χ0v) is 25.3.